The van der Waals surface area contributed by atoms with Crippen molar-refractivity contribution in [3.05, 3.63) is 0 Å². The van der Waals surface area contributed by atoms with Gasteiger partial charge in [0.15, 0.2) is 0 Å². The number of hydrogen-bond acceptors (Lipinski definition) is 8. The molecule has 4 N–H and O–H groups in total. The van der Waals surface area contributed by atoms with Crippen LogP contribution in [0.25, 0.3) is 0 Å². The van der Waals surface area contributed by atoms with Gasteiger partial charge in [0.1, 0.15) is 0 Å². The molecule has 0 aliphatic carbocycles. The zero-order valence-corrected chi connectivity index (χ0v) is 12.2. The third kappa shape index (κ3) is 37.2. The molecule has 10 nitrogen and oxygen atoms in total. The molecule has 0 fully saturated rings. The average molecular weight is 258 g/mol. The van der Waals surface area contributed by atoms with Crippen molar-refractivity contribution in [2.45, 2.75) is 0 Å². The van der Waals surface area contributed by atoms with Crippen LogP contribution in [0.1, 0.15) is 0 Å². The maximum atomic E-state index is 9.10. The molecule has 0 aromatic rings. The summed E-state index contributed by atoms with van der Waals surface area (Å²) in [4.78, 5) is 36.1. The van der Waals surface area contributed by atoms with Gasteiger partial charge in [-0.25, -0.2) is 9.59 Å². The Balaban J connectivity index is -0.0000000393. The van der Waals surface area contributed by atoms with E-state index in [-0.39, 0.29) is 59.1 Å². The molecule has 0 aromatic carbocycles. The maximum Gasteiger partial charge on any atom is 1.00 e. The molecule has 0 aromatic heterocycles. The van der Waals surface area contributed by atoms with Gasteiger partial charge in [-0.1, -0.05) is 0 Å². The maximum absolute atomic E-state index is 9.10. The summed E-state index contributed by atoms with van der Waals surface area (Å²) in [5.74, 6) is -8.02. The van der Waals surface area contributed by atoms with Crippen molar-refractivity contribution in [1.82, 2.24) is 0 Å². The first-order valence-corrected chi connectivity index (χ1v) is 2.37. The Hall–Kier alpha value is -0.200. The summed E-state index contributed by atoms with van der Waals surface area (Å²) in [6.07, 6.45) is 0. The molecular weight excluding hydrogens is 254 g/mol. The second-order valence-electron chi connectivity index (χ2n) is 1.19. The van der Waals surface area contributed by atoms with E-state index in [1.807, 2.05) is 0 Å². The molecule has 12 heteroatoms. The SMILES string of the molecule is O=C(O)C(=O)O.O=C([O-])C(=O)[O-].OO.[Na+].[Na+]. The molecule has 0 saturated carbocycles. The van der Waals surface area contributed by atoms with Crippen molar-refractivity contribution < 1.29 is 109 Å². The van der Waals surface area contributed by atoms with E-state index < -0.39 is 23.9 Å². The third-order valence-electron chi connectivity index (χ3n) is 0.350. The normalized spacial score (nSPS) is 5.88. The standard InChI is InChI=1S/2C2H2O4.2Na.H2O2/c2*3-1(4)2(5)6;;;1-2/h2*(H,3,4)(H,5,6);;;1-2H/q;;2*+1;/p-2. The van der Waals surface area contributed by atoms with Crippen molar-refractivity contribution in [3.63, 3.8) is 0 Å². The molecule has 0 aliphatic rings. The number of aliphatic carboxylic acids is 4. The van der Waals surface area contributed by atoms with Crippen molar-refractivity contribution >= 4 is 23.9 Å². The molecule has 82 valence electrons. The second-order valence-corrected chi connectivity index (χ2v) is 1.19. The fourth-order valence-electron chi connectivity index (χ4n) is 0. The van der Waals surface area contributed by atoms with Gasteiger partial charge in [-0.15, -0.1) is 0 Å². The third-order valence-corrected chi connectivity index (χ3v) is 0.350. The zero-order valence-electron chi connectivity index (χ0n) is 8.24. The molecule has 0 aliphatic heterocycles. The van der Waals surface area contributed by atoms with Crippen molar-refractivity contribution in [2.24, 2.45) is 0 Å². The fraction of sp³-hybridized carbons (Fsp3) is 0. The van der Waals surface area contributed by atoms with E-state index in [0.717, 1.165) is 0 Å². The summed E-state index contributed by atoms with van der Waals surface area (Å²) in [6, 6.07) is 0. The molecule has 16 heavy (non-hydrogen) atoms. The zero-order chi connectivity index (χ0) is 12.3. The minimum absolute atomic E-state index is 0. The first kappa shape index (κ1) is 29.7. The fourth-order valence-corrected chi connectivity index (χ4v) is 0. The van der Waals surface area contributed by atoms with E-state index >= 15 is 0 Å². The predicted molar refractivity (Wildman–Crippen MR) is 30.5 cm³/mol. The number of carbonyl (C=O) groups is 4. The van der Waals surface area contributed by atoms with Gasteiger partial charge in [-0.2, -0.15) is 0 Å². The van der Waals surface area contributed by atoms with Crippen LogP contribution in [-0.2, 0) is 19.2 Å². The Kier molecular flexibility index (Phi) is 37.5. The molecule has 0 saturated heterocycles. The quantitative estimate of drug-likeness (QED) is 0.140. The van der Waals surface area contributed by atoms with E-state index in [9.17, 15) is 0 Å². The molecule has 0 rings (SSSR count). The van der Waals surface area contributed by atoms with Crippen LogP contribution in [0.5, 0.6) is 0 Å². The van der Waals surface area contributed by atoms with Crippen LogP contribution in [0, 0.1) is 0 Å². The van der Waals surface area contributed by atoms with E-state index in [4.69, 9.17) is 50.1 Å². The number of carboxylic acids is 4. The minimum Gasteiger partial charge on any atom is -0.543 e. The van der Waals surface area contributed by atoms with Gasteiger partial charge in [0, 0.05) is 0 Å². The van der Waals surface area contributed by atoms with E-state index in [2.05, 4.69) is 0 Å². The monoisotopic (exact) mass is 258 g/mol. The molecule has 0 heterocycles. The summed E-state index contributed by atoms with van der Waals surface area (Å²) in [5.41, 5.74) is 0. The van der Waals surface area contributed by atoms with Gasteiger partial charge in [0.25, 0.3) is 0 Å². The molecule has 0 atom stereocenters. The summed E-state index contributed by atoms with van der Waals surface area (Å²) in [7, 11) is 0. The summed E-state index contributed by atoms with van der Waals surface area (Å²) in [6.45, 7) is 0. The van der Waals surface area contributed by atoms with Crippen molar-refractivity contribution in [3.8, 4) is 0 Å². The average Bonchev–Trinajstić information content (AvgIpc) is 2.08. The van der Waals surface area contributed by atoms with E-state index in [0.29, 0.717) is 0 Å². The van der Waals surface area contributed by atoms with Crippen LogP contribution >= 0.6 is 0 Å². The van der Waals surface area contributed by atoms with Crippen molar-refractivity contribution in [2.75, 3.05) is 0 Å². The smallest absolute Gasteiger partial charge is 0.543 e. The number of hydrogen-bond donors (Lipinski definition) is 4. The molecular formula is C4H4Na2O10. The van der Waals surface area contributed by atoms with Gasteiger partial charge >= 0.3 is 71.1 Å². The summed E-state index contributed by atoms with van der Waals surface area (Å²) < 4.78 is 0. The number of carboxylic acid groups (broad SMARTS) is 4. The summed E-state index contributed by atoms with van der Waals surface area (Å²) >= 11 is 0. The Bertz CT molecular complexity index is 177. The first-order valence-electron chi connectivity index (χ1n) is 2.37. The van der Waals surface area contributed by atoms with Crippen LogP contribution in [0.15, 0.2) is 0 Å². The molecule has 0 amide bonds. The van der Waals surface area contributed by atoms with Gasteiger partial charge in [-0.05, 0) is 0 Å². The van der Waals surface area contributed by atoms with Gasteiger partial charge in [0.2, 0.25) is 0 Å². The van der Waals surface area contributed by atoms with Crippen molar-refractivity contribution in [1.29, 1.82) is 0 Å². The Morgan fingerprint density at radius 2 is 0.812 bits per heavy atom. The van der Waals surface area contributed by atoms with Gasteiger partial charge < -0.3 is 30.0 Å². The number of rotatable bonds is 0. The first-order chi connectivity index (χ1) is 6.29. The van der Waals surface area contributed by atoms with E-state index in [1.54, 1.807) is 0 Å². The largest absolute Gasteiger partial charge is 1.00 e. The van der Waals surface area contributed by atoms with Crippen LogP contribution in [0.3, 0.4) is 0 Å². The van der Waals surface area contributed by atoms with Crippen LogP contribution in [0.2, 0.25) is 0 Å². The van der Waals surface area contributed by atoms with Gasteiger partial charge in [0.05, 0.1) is 11.9 Å². The van der Waals surface area contributed by atoms with E-state index in [1.165, 1.54) is 0 Å². The molecule has 0 bridgehead atoms. The Labute approximate surface area is 132 Å². The van der Waals surface area contributed by atoms with Crippen LogP contribution < -0.4 is 69.3 Å². The van der Waals surface area contributed by atoms with Crippen LogP contribution in [-0.4, -0.2) is 44.6 Å². The van der Waals surface area contributed by atoms with Crippen LogP contribution in [0.4, 0.5) is 0 Å². The molecule has 0 spiro atoms. The Morgan fingerprint density at radius 3 is 0.812 bits per heavy atom. The Morgan fingerprint density at radius 1 is 0.688 bits per heavy atom. The molecule has 0 radical (unpaired) electrons. The predicted octanol–water partition coefficient (Wildman–Crippen LogP) is -10.3. The van der Waals surface area contributed by atoms with Gasteiger partial charge in [-0.3, -0.25) is 10.5 Å². The number of carbonyl (C=O) groups excluding carboxylic acids is 2. The topological polar surface area (TPSA) is 195 Å². The molecule has 0 unspecified atom stereocenters. The second kappa shape index (κ2) is 20.2. The summed E-state index contributed by atoms with van der Waals surface area (Å²) in [5, 5.41) is 44.6. The minimum atomic E-state index is -2.19.